The number of nitrogens with zero attached hydrogens (tertiary/aromatic N) is 2. The molecule has 0 saturated carbocycles. The van der Waals surface area contributed by atoms with Crippen molar-refractivity contribution in [1.29, 1.82) is 0 Å². The Morgan fingerprint density at radius 3 is 2.58 bits per heavy atom. The molecule has 0 aliphatic carbocycles. The number of amides is 1. The number of hydrogen-bond donors (Lipinski definition) is 2. The van der Waals surface area contributed by atoms with Gasteiger partial charge in [-0.1, -0.05) is 12.1 Å². The van der Waals surface area contributed by atoms with Crippen LogP contribution in [0.25, 0.3) is 0 Å². The molecule has 8 heteroatoms. The van der Waals surface area contributed by atoms with Crippen LogP contribution < -0.4 is 5.32 Å². The Morgan fingerprint density at radius 1 is 1.38 bits per heavy atom. The maximum Gasteiger partial charge on any atom is 0.416 e. The van der Waals surface area contributed by atoms with Crippen LogP contribution in [-0.2, 0) is 13.2 Å². The van der Waals surface area contributed by atoms with Crippen molar-refractivity contribution in [3.63, 3.8) is 0 Å². The van der Waals surface area contributed by atoms with Gasteiger partial charge in [-0.15, -0.1) is 0 Å². The summed E-state index contributed by atoms with van der Waals surface area (Å²) < 4.78 is 39.7. The summed E-state index contributed by atoms with van der Waals surface area (Å²) in [5.74, 6) is -0.427. The fourth-order valence-electron chi connectivity index (χ4n) is 2.42. The fraction of sp³-hybridized carbons (Fsp3) is 0.375. The van der Waals surface area contributed by atoms with Gasteiger partial charge in [-0.25, -0.2) is 0 Å². The first-order valence-electron chi connectivity index (χ1n) is 7.25. The zero-order valence-corrected chi connectivity index (χ0v) is 13.5. The maximum absolute atomic E-state index is 12.7. The summed E-state index contributed by atoms with van der Waals surface area (Å²) in [5, 5.41) is 16.7. The van der Waals surface area contributed by atoms with E-state index in [1.54, 1.807) is 25.6 Å². The number of benzene rings is 1. The number of carbonyl (C=O) groups is 1. The minimum absolute atomic E-state index is 0.0877. The van der Waals surface area contributed by atoms with Crippen molar-refractivity contribution in [2.24, 2.45) is 7.05 Å². The summed E-state index contributed by atoms with van der Waals surface area (Å²) in [4.78, 5) is 12.2. The van der Waals surface area contributed by atoms with Gasteiger partial charge in [0.2, 0.25) is 0 Å². The van der Waals surface area contributed by atoms with Crippen molar-refractivity contribution in [3.8, 4) is 0 Å². The zero-order chi connectivity index (χ0) is 18.1. The number of aliphatic hydroxyl groups excluding tert-OH is 1. The molecule has 1 unspecified atom stereocenters. The lowest BCUT2D eigenvalue weighted by atomic mass is 10.1. The summed E-state index contributed by atoms with van der Waals surface area (Å²) in [7, 11) is 1.70. The number of alkyl halides is 3. The quantitative estimate of drug-likeness (QED) is 0.898. The minimum Gasteiger partial charge on any atom is -0.387 e. The van der Waals surface area contributed by atoms with E-state index in [0.29, 0.717) is 17.0 Å². The van der Waals surface area contributed by atoms with Gasteiger partial charge in [0.05, 0.1) is 22.9 Å². The van der Waals surface area contributed by atoms with Crippen molar-refractivity contribution in [3.05, 3.63) is 52.3 Å². The van der Waals surface area contributed by atoms with Gasteiger partial charge in [-0.05, 0) is 31.5 Å². The third kappa shape index (κ3) is 3.76. The molecule has 0 fully saturated rings. The Bertz CT molecular complexity index is 754. The molecule has 1 atom stereocenters. The van der Waals surface area contributed by atoms with Crippen LogP contribution in [0.2, 0.25) is 0 Å². The van der Waals surface area contributed by atoms with Gasteiger partial charge in [0, 0.05) is 19.3 Å². The molecule has 130 valence electrons. The standard InChI is InChI=1S/C16H18F3N3O2/c1-9-14(10(2)22(3)21-9)15(24)20-8-13(23)11-5-4-6-12(7-11)16(17,18)19/h4-7,13,23H,8H2,1-3H3,(H,20,24). The topological polar surface area (TPSA) is 67.2 Å². The van der Waals surface area contributed by atoms with Gasteiger partial charge in [-0.3, -0.25) is 9.48 Å². The third-order valence-electron chi connectivity index (χ3n) is 3.79. The molecule has 0 aliphatic heterocycles. The molecule has 1 amide bonds. The first kappa shape index (κ1) is 18.0. The van der Waals surface area contributed by atoms with Gasteiger partial charge in [0.25, 0.3) is 5.91 Å². The van der Waals surface area contributed by atoms with Crippen LogP contribution in [0.1, 0.15) is 39.0 Å². The van der Waals surface area contributed by atoms with Crippen LogP contribution in [0.15, 0.2) is 24.3 Å². The molecule has 0 aliphatic rings. The lowest BCUT2D eigenvalue weighted by Crippen LogP contribution is -2.29. The van der Waals surface area contributed by atoms with Gasteiger partial charge in [0.1, 0.15) is 0 Å². The second kappa shape index (κ2) is 6.64. The van der Waals surface area contributed by atoms with Crippen molar-refractivity contribution in [2.75, 3.05) is 6.54 Å². The number of aliphatic hydroxyl groups is 1. The predicted octanol–water partition coefficient (Wildman–Crippen LogP) is 2.52. The lowest BCUT2D eigenvalue weighted by molar-refractivity contribution is -0.137. The van der Waals surface area contributed by atoms with Gasteiger partial charge in [-0.2, -0.15) is 18.3 Å². The average molecular weight is 341 g/mol. The Balaban J connectivity index is 2.08. The van der Waals surface area contributed by atoms with Crippen LogP contribution in [0.3, 0.4) is 0 Å². The molecule has 2 N–H and O–H groups in total. The number of nitrogens with one attached hydrogen (secondary N) is 1. The van der Waals surface area contributed by atoms with E-state index < -0.39 is 23.8 Å². The second-order valence-corrected chi connectivity index (χ2v) is 5.52. The molecule has 0 saturated heterocycles. The summed E-state index contributed by atoms with van der Waals surface area (Å²) >= 11 is 0. The monoisotopic (exact) mass is 341 g/mol. The Kier molecular flexibility index (Phi) is 4.98. The highest BCUT2D eigenvalue weighted by Crippen LogP contribution is 2.30. The molecule has 24 heavy (non-hydrogen) atoms. The molecule has 1 aromatic carbocycles. The maximum atomic E-state index is 12.7. The molecule has 1 aromatic heterocycles. The molecular weight excluding hydrogens is 323 g/mol. The van der Waals surface area contributed by atoms with Crippen molar-refractivity contribution < 1.29 is 23.1 Å². The highest BCUT2D eigenvalue weighted by atomic mass is 19.4. The molecule has 2 aromatic rings. The van der Waals surface area contributed by atoms with Crippen LogP contribution in [0.4, 0.5) is 13.2 Å². The number of aryl methyl sites for hydroxylation is 2. The van der Waals surface area contributed by atoms with E-state index in [1.807, 2.05) is 0 Å². The predicted molar refractivity (Wildman–Crippen MR) is 81.4 cm³/mol. The summed E-state index contributed by atoms with van der Waals surface area (Å²) in [6.07, 6.45) is -5.73. The lowest BCUT2D eigenvalue weighted by Gasteiger charge is -2.14. The van der Waals surface area contributed by atoms with Crippen molar-refractivity contribution >= 4 is 5.91 Å². The first-order valence-corrected chi connectivity index (χ1v) is 7.25. The van der Waals surface area contributed by atoms with Crippen LogP contribution >= 0.6 is 0 Å². The summed E-state index contributed by atoms with van der Waals surface area (Å²) in [6, 6.07) is 4.40. The summed E-state index contributed by atoms with van der Waals surface area (Å²) in [6.45, 7) is 3.22. The number of carbonyl (C=O) groups excluding carboxylic acids is 1. The van der Waals surface area contributed by atoms with Crippen molar-refractivity contribution in [1.82, 2.24) is 15.1 Å². The molecule has 0 radical (unpaired) electrons. The molecule has 1 heterocycles. The van der Waals surface area contributed by atoms with Crippen molar-refractivity contribution in [2.45, 2.75) is 26.1 Å². The van der Waals surface area contributed by atoms with E-state index in [-0.39, 0.29) is 12.1 Å². The number of rotatable bonds is 4. The third-order valence-corrected chi connectivity index (χ3v) is 3.79. The average Bonchev–Trinajstić information content (AvgIpc) is 2.76. The Labute approximate surface area is 137 Å². The SMILES string of the molecule is Cc1nn(C)c(C)c1C(=O)NCC(O)c1cccc(C(F)(F)F)c1. The number of aromatic nitrogens is 2. The Morgan fingerprint density at radius 2 is 2.04 bits per heavy atom. The van der Waals surface area contributed by atoms with Crippen LogP contribution in [0.5, 0.6) is 0 Å². The van der Waals surface area contributed by atoms with Crippen LogP contribution in [-0.4, -0.2) is 27.3 Å². The van der Waals surface area contributed by atoms with E-state index in [9.17, 15) is 23.1 Å². The van der Waals surface area contributed by atoms with Gasteiger partial charge < -0.3 is 10.4 Å². The van der Waals surface area contributed by atoms with Gasteiger partial charge in [0.15, 0.2) is 0 Å². The summed E-state index contributed by atoms with van der Waals surface area (Å²) in [5.41, 5.74) is 0.849. The normalized spacial score (nSPS) is 13.0. The van der Waals surface area contributed by atoms with Crippen LogP contribution in [0, 0.1) is 13.8 Å². The largest absolute Gasteiger partial charge is 0.416 e. The fourth-order valence-corrected chi connectivity index (χ4v) is 2.42. The molecule has 2 rings (SSSR count). The number of halogens is 3. The highest BCUT2D eigenvalue weighted by molar-refractivity contribution is 5.96. The van der Waals surface area contributed by atoms with E-state index in [2.05, 4.69) is 10.4 Å². The van der Waals surface area contributed by atoms with E-state index in [4.69, 9.17) is 0 Å². The molecule has 0 spiro atoms. The van der Waals surface area contributed by atoms with E-state index >= 15 is 0 Å². The minimum atomic E-state index is -4.48. The Hall–Kier alpha value is -2.35. The van der Waals surface area contributed by atoms with E-state index in [0.717, 1.165) is 12.1 Å². The first-order chi connectivity index (χ1) is 11.1. The van der Waals surface area contributed by atoms with Gasteiger partial charge >= 0.3 is 6.18 Å². The highest BCUT2D eigenvalue weighted by Gasteiger charge is 2.31. The van der Waals surface area contributed by atoms with E-state index in [1.165, 1.54) is 12.1 Å². The zero-order valence-electron chi connectivity index (χ0n) is 13.5. The molecular formula is C16H18F3N3O2. The number of hydrogen-bond acceptors (Lipinski definition) is 3. The molecule has 0 bridgehead atoms. The second-order valence-electron chi connectivity index (χ2n) is 5.52. The molecule has 5 nitrogen and oxygen atoms in total. The smallest absolute Gasteiger partial charge is 0.387 e.